The molecule has 6 heteroatoms. The summed E-state index contributed by atoms with van der Waals surface area (Å²) in [5.41, 5.74) is 1.33. The summed E-state index contributed by atoms with van der Waals surface area (Å²) in [7, 11) is 0. The molecule has 0 aliphatic heterocycles. The third kappa shape index (κ3) is 4.74. The molecule has 23 heavy (non-hydrogen) atoms. The fourth-order valence-corrected chi connectivity index (χ4v) is 2.09. The van der Waals surface area contributed by atoms with Gasteiger partial charge in [0.2, 0.25) is 0 Å². The zero-order valence-corrected chi connectivity index (χ0v) is 13.8. The molecule has 0 aliphatic carbocycles. The van der Waals surface area contributed by atoms with Crippen molar-refractivity contribution in [2.45, 2.75) is 39.7 Å². The van der Waals surface area contributed by atoms with Crippen molar-refractivity contribution in [3.8, 4) is 0 Å². The average Bonchev–Trinajstić information content (AvgIpc) is 2.79. The molecular formula is C17H21NO5. The Bertz CT molecular complexity index is 711. The smallest absolute Gasteiger partial charge is 0.412 e. The molecule has 0 saturated heterocycles. The van der Waals surface area contributed by atoms with Gasteiger partial charge in [-0.25, -0.2) is 4.79 Å². The number of benzene rings is 1. The van der Waals surface area contributed by atoms with Gasteiger partial charge in [-0.05, 0) is 39.8 Å². The summed E-state index contributed by atoms with van der Waals surface area (Å²) < 4.78 is 15.6. The van der Waals surface area contributed by atoms with Gasteiger partial charge in [-0.15, -0.1) is 0 Å². The predicted octanol–water partition coefficient (Wildman–Crippen LogP) is 3.89. The van der Waals surface area contributed by atoms with Gasteiger partial charge >= 0.3 is 12.1 Å². The van der Waals surface area contributed by atoms with Crippen molar-refractivity contribution in [1.82, 2.24) is 0 Å². The van der Waals surface area contributed by atoms with E-state index >= 15 is 0 Å². The van der Waals surface area contributed by atoms with Crippen LogP contribution in [0.2, 0.25) is 0 Å². The lowest BCUT2D eigenvalue weighted by atomic mass is 10.1. The molecule has 1 heterocycles. The van der Waals surface area contributed by atoms with E-state index < -0.39 is 11.7 Å². The van der Waals surface area contributed by atoms with Gasteiger partial charge in [-0.1, -0.05) is 0 Å². The van der Waals surface area contributed by atoms with Gasteiger partial charge in [0.25, 0.3) is 0 Å². The molecule has 6 nitrogen and oxygen atoms in total. The van der Waals surface area contributed by atoms with Crippen LogP contribution in [0.5, 0.6) is 0 Å². The van der Waals surface area contributed by atoms with Crippen LogP contribution in [-0.2, 0) is 20.7 Å². The minimum Gasteiger partial charge on any atom is -0.466 e. The first kappa shape index (κ1) is 16.9. The summed E-state index contributed by atoms with van der Waals surface area (Å²) in [4.78, 5) is 23.3. The molecule has 0 unspecified atom stereocenters. The normalized spacial score (nSPS) is 11.3. The van der Waals surface area contributed by atoms with Crippen molar-refractivity contribution in [3.63, 3.8) is 0 Å². The average molecular weight is 319 g/mol. The van der Waals surface area contributed by atoms with Gasteiger partial charge in [-0.3, -0.25) is 10.1 Å². The molecule has 1 aromatic heterocycles. The number of amides is 1. The van der Waals surface area contributed by atoms with Gasteiger partial charge in [0.1, 0.15) is 11.2 Å². The van der Waals surface area contributed by atoms with Gasteiger partial charge in [0.05, 0.1) is 19.3 Å². The highest BCUT2D eigenvalue weighted by Gasteiger charge is 2.17. The molecule has 124 valence electrons. The molecule has 2 aromatic rings. The van der Waals surface area contributed by atoms with Crippen molar-refractivity contribution >= 4 is 28.7 Å². The molecule has 0 spiro atoms. The van der Waals surface area contributed by atoms with Crippen LogP contribution in [0.3, 0.4) is 0 Å². The number of carbonyl (C=O) groups is 2. The topological polar surface area (TPSA) is 77.8 Å². The van der Waals surface area contributed by atoms with Crippen LogP contribution in [0.15, 0.2) is 28.9 Å². The Labute approximate surface area is 134 Å². The maximum Gasteiger partial charge on any atom is 0.412 e. The summed E-state index contributed by atoms with van der Waals surface area (Å²) >= 11 is 0. The second kappa shape index (κ2) is 6.73. The number of anilines is 1. The standard InChI is InChI=1S/C17H21NO5/c1-5-21-15(19)8-11-10-22-14-9-12(6-7-13(11)14)18-16(20)23-17(2,3)4/h6-7,9-10H,5,8H2,1-4H3,(H,18,20). The molecule has 1 aromatic carbocycles. The minimum absolute atomic E-state index is 0.152. The van der Waals surface area contributed by atoms with Crippen molar-refractivity contribution in [2.75, 3.05) is 11.9 Å². The molecule has 0 aliphatic rings. The van der Waals surface area contributed by atoms with E-state index in [2.05, 4.69) is 5.32 Å². The van der Waals surface area contributed by atoms with Crippen LogP contribution in [-0.4, -0.2) is 24.3 Å². The predicted molar refractivity (Wildman–Crippen MR) is 86.4 cm³/mol. The van der Waals surface area contributed by atoms with E-state index in [0.717, 1.165) is 10.9 Å². The Morgan fingerprint density at radius 2 is 2.00 bits per heavy atom. The summed E-state index contributed by atoms with van der Waals surface area (Å²) in [6.45, 7) is 7.50. The van der Waals surface area contributed by atoms with E-state index in [0.29, 0.717) is 17.9 Å². The summed E-state index contributed by atoms with van der Waals surface area (Å²) in [5, 5.41) is 3.46. The van der Waals surface area contributed by atoms with E-state index in [1.807, 2.05) is 0 Å². The number of ether oxygens (including phenoxy) is 2. The number of furan rings is 1. The second-order valence-electron chi connectivity index (χ2n) is 6.08. The highest BCUT2D eigenvalue weighted by molar-refractivity contribution is 5.91. The number of nitrogens with one attached hydrogen (secondary N) is 1. The summed E-state index contributed by atoms with van der Waals surface area (Å²) in [6.07, 6.45) is 1.15. The first-order valence-corrected chi connectivity index (χ1v) is 7.44. The van der Waals surface area contributed by atoms with Gasteiger partial charge in [-0.2, -0.15) is 0 Å². The monoisotopic (exact) mass is 319 g/mol. The number of hydrogen-bond acceptors (Lipinski definition) is 5. The Balaban J connectivity index is 2.12. The van der Waals surface area contributed by atoms with E-state index in [1.165, 1.54) is 6.26 Å². The Morgan fingerprint density at radius 1 is 1.26 bits per heavy atom. The molecule has 0 fully saturated rings. The molecule has 1 amide bonds. The van der Waals surface area contributed by atoms with Gasteiger partial charge in [0, 0.05) is 22.7 Å². The maximum atomic E-state index is 11.8. The summed E-state index contributed by atoms with van der Waals surface area (Å²) in [5.74, 6) is -0.300. The maximum absolute atomic E-state index is 11.8. The number of fused-ring (bicyclic) bond motifs is 1. The second-order valence-corrected chi connectivity index (χ2v) is 6.08. The van der Waals surface area contributed by atoms with E-state index in [9.17, 15) is 9.59 Å². The van der Waals surface area contributed by atoms with Crippen LogP contribution in [0, 0.1) is 0 Å². The van der Waals surface area contributed by atoms with Crippen LogP contribution in [0.4, 0.5) is 10.5 Å². The Kier molecular flexibility index (Phi) is 4.93. The quantitative estimate of drug-likeness (QED) is 0.865. The minimum atomic E-state index is -0.564. The summed E-state index contributed by atoms with van der Waals surface area (Å²) in [6, 6.07) is 5.21. The van der Waals surface area contributed by atoms with Crippen molar-refractivity contribution < 1.29 is 23.5 Å². The lowest BCUT2D eigenvalue weighted by Gasteiger charge is -2.19. The van der Waals surface area contributed by atoms with Crippen LogP contribution < -0.4 is 5.32 Å². The Morgan fingerprint density at radius 3 is 2.65 bits per heavy atom. The van der Waals surface area contributed by atoms with Gasteiger partial charge < -0.3 is 13.9 Å². The zero-order chi connectivity index (χ0) is 17.0. The fraction of sp³-hybridized carbons (Fsp3) is 0.412. The highest BCUT2D eigenvalue weighted by atomic mass is 16.6. The van der Waals surface area contributed by atoms with Crippen molar-refractivity contribution in [1.29, 1.82) is 0 Å². The molecule has 0 atom stereocenters. The van der Waals surface area contributed by atoms with E-state index in [4.69, 9.17) is 13.9 Å². The number of carbonyl (C=O) groups excluding carboxylic acids is 2. The molecule has 2 rings (SSSR count). The SMILES string of the molecule is CCOC(=O)Cc1coc2cc(NC(=O)OC(C)(C)C)ccc12. The van der Waals surface area contributed by atoms with Crippen LogP contribution >= 0.6 is 0 Å². The molecule has 0 saturated carbocycles. The molecule has 0 radical (unpaired) electrons. The van der Waals surface area contributed by atoms with Crippen molar-refractivity contribution in [3.05, 3.63) is 30.0 Å². The third-order valence-corrected chi connectivity index (χ3v) is 2.94. The highest BCUT2D eigenvalue weighted by Crippen LogP contribution is 2.25. The number of rotatable bonds is 4. The third-order valence-electron chi connectivity index (χ3n) is 2.94. The molecule has 1 N–H and O–H groups in total. The first-order valence-electron chi connectivity index (χ1n) is 7.44. The van der Waals surface area contributed by atoms with Gasteiger partial charge in [0.15, 0.2) is 0 Å². The zero-order valence-electron chi connectivity index (χ0n) is 13.8. The number of esters is 1. The van der Waals surface area contributed by atoms with Crippen LogP contribution in [0.25, 0.3) is 11.0 Å². The van der Waals surface area contributed by atoms with E-state index in [-0.39, 0.29) is 12.4 Å². The van der Waals surface area contributed by atoms with Crippen LogP contribution in [0.1, 0.15) is 33.3 Å². The number of hydrogen-bond donors (Lipinski definition) is 1. The molecule has 0 bridgehead atoms. The lowest BCUT2D eigenvalue weighted by Crippen LogP contribution is -2.27. The fourth-order valence-electron chi connectivity index (χ4n) is 2.09. The van der Waals surface area contributed by atoms with Crippen molar-refractivity contribution in [2.24, 2.45) is 0 Å². The Hall–Kier alpha value is -2.50. The van der Waals surface area contributed by atoms with E-state index in [1.54, 1.807) is 45.9 Å². The first-order chi connectivity index (χ1) is 10.8. The largest absolute Gasteiger partial charge is 0.466 e. The lowest BCUT2D eigenvalue weighted by molar-refractivity contribution is -0.142. The molecular weight excluding hydrogens is 298 g/mol.